The molecule has 0 radical (unpaired) electrons. The summed E-state index contributed by atoms with van der Waals surface area (Å²) in [5, 5.41) is 0. The van der Waals surface area contributed by atoms with Crippen LogP contribution in [0.15, 0.2) is 24.3 Å². The van der Waals surface area contributed by atoms with Gasteiger partial charge in [-0.15, -0.1) is 0 Å². The van der Waals surface area contributed by atoms with E-state index in [1.54, 1.807) is 12.1 Å². The zero-order valence-corrected chi connectivity index (χ0v) is 11.7. The molecular formula is C15H21F3N2. The zero-order chi connectivity index (χ0) is 14.8. The average Bonchev–Trinajstić information content (AvgIpc) is 2.41. The van der Waals surface area contributed by atoms with Gasteiger partial charge in [0.25, 0.3) is 0 Å². The van der Waals surface area contributed by atoms with Crippen LogP contribution in [-0.2, 0) is 6.18 Å². The minimum atomic E-state index is -4.27. The molecule has 1 fully saturated rings. The standard InChI is InChI=1S/C15H21F3N2/c1-2-20(14-9-5-12(19)6-10-14)13-7-3-11(4-8-13)15(16,17)18/h3-4,7-8,12,14H,2,5-6,9-10,19H2,1H3. The minimum absolute atomic E-state index is 0.276. The van der Waals surface area contributed by atoms with Gasteiger partial charge < -0.3 is 10.6 Å². The summed E-state index contributed by atoms with van der Waals surface area (Å²) in [7, 11) is 0. The van der Waals surface area contributed by atoms with Gasteiger partial charge in [-0.3, -0.25) is 0 Å². The van der Waals surface area contributed by atoms with Crippen molar-refractivity contribution >= 4 is 5.69 Å². The van der Waals surface area contributed by atoms with Crippen molar-refractivity contribution in [2.45, 2.75) is 50.9 Å². The molecule has 20 heavy (non-hydrogen) atoms. The van der Waals surface area contributed by atoms with Crippen molar-refractivity contribution in [3.8, 4) is 0 Å². The predicted octanol–water partition coefficient (Wildman–Crippen LogP) is 3.80. The van der Waals surface area contributed by atoms with Crippen molar-refractivity contribution in [3.05, 3.63) is 29.8 Å². The van der Waals surface area contributed by atoms with Crippen LogP contribution in [0.25, 0.3) is 0 Å². The quantitative estimate of drug-likeness (QED) is 0.915. The maximum absolute atomic E-state index is 12.6. The van der Waals surface area contributed by atoms with E-state index in [1.807, 2.05) is 6.92 Å². The number of nitrogens with zero attached hydrogens (tertiary/aromatic N) is 1. The van der Waals surface area contributed by atoms with Gasteiger partial charge in [0.15, 0.2) is 0 Å². The van der Waals surface area contributed by atoms with Crippen LogP contribution in [0.3, 0.4) is 0 Å². The highest BCUT2D eigenvalue weighted by Gasteiger charge is 2.30. The number of halogens is 3. The van der Waals surface area contributed by atoms with Gasteiger partial charge in [0, 0.05) is 24.3 Å². The number of benzene rings is 1. The molecule has 2 rings (SSSR count). The van der Waals surface area contributed by atoms with Gasteiger partial charge in [-0.25, -0.2) is 0 Å². The van der Waals surface area contributed by atoms with Crippen LogP contribution in [0, 0.1) is 0 Å². The number of hydrogen-bond donors (Lipinski definition) is 1. The molecule has 1 saturated carbocycles. The first-order valence-electron chi connectivity index (χ1n) is 7.11. The van der Waals surface area contributed by atoms with Crippen LogP contribution in [0.5, 0.6) is 0 Å². The van der Waals surface area contributed by atoms with E-state index in [0.29, 0.717) is 6.04 Å². The van der Waals surface area contributed by atoms with E-state index in [2.05, 4.69) is 4.90 Å². The monoisotopic (exact) mass is 286 g/mol. The number of anilines is 1. The first-order chi connectivity index (χ1) is 9.41. The summed E-state index contributed by atoms with van der Waals surface area (Å²) >= 11 is 0. The summed E-state index contributed by atoms with van der Waals surface area (Å²) in [5.41, 5.74) is 6.17. The molecule has 0 saturated heterocycles. The smallest absolute Gasteiger partial charge is 0.369 e. The molecule has 2 nitrogen and oxygen atoms in total. The Morgan fingerprint density at radius 1 is 1.10 bits per heavy atom. The third-order valence-electron chi connectivity index (χ3n) is 4.05. The zero-order valence-electron chi connectivity index (χ0n) is 11.7. The molecule has 5 heteroatoms. The lowest BCUT2D eigenvalue weighted by molar-refractivity contribution is -0.137. The Balaban J connectivity index is 2.11. The molecule has 1 aromatic rings. The molecule has 0 aromatic heterocycles. The molecule has 2 N–H and O–H groups in total. The second-order valence-corrected chi connectivity index (χ2v) is 5.40. The van der Waals surface area contributed by atoms with Crippen molar-refractivity contribution in [3.63, 3.8) is 0 Å². The average molecular weight is 286 g/mol. The van der Waals surface area contributed by atoms with Gasteiger partial charge in [0.1, 0.15) is 0 Å². The molecule has 0 atom stereocenters. The third-order valence-corrected chi connectivity index (χ3v) is 4.05. The fourth-order valence-electron chi connectivity index (χ4n) is 2.91. The number of alkyl halides is 3. The molecule has 0 spiro atoms. The highest BCUT2D eigenvalue weighted by Crippen LogP contribution is 2.32. The van der Waals surface area contributed by atoms with Crippen LogP contribution < -0.4 is 10.6 Å². The number of hydrogen-bond acceptors (Lipinski definition) is 2. The summed E-state index contributed by atoms with van der Waals surface area (Å²) in [6, 6.07) is 6.12. The van der Waals surface area contributed by atoms with E-state index < -0.39 is 11.7 Å². The Kier molecular flexibility index (Phi) is 4.58. The van der Waals surface area contributed by atoms with E-state index in [-0.39, 0.29) is 6.04 Å². The summed E-state index contributed by atoms with van der Waals surface area (Å²) < 4.78 is 37.7. The Bertz CT molecular complexity index is 420. The predicted molar refractivity (Wildman–Crippen MR) is 74.7 cm³/mol. The van der Waals surface area contributed by atoms with Crippen LogP contribution in [0.1, 0.15) is 38.2 Å². The Hall–Kier alpha value is -1.23. The van der Waals surface area contributed by atoms with Gasteiger partial charge in [-0.1, -0.05) is 0 Å². The largest absolute Gasteiger partial charge is 0.416 e. The van der Waals surface area contributed by atoms with Gasteiger partial charge in [0.05, 0.1) is 5.56 Å². The lowest BCUT2D eigenvalue weighted by Crippen LogP contribution is -2.40. The molecule has 0 amide bonds. The molecule has 0 aliphatic heterocycles. The fraction of sp³-hybridized carbons (Fsp3) is 0.600. The fourth-order valence-corrected chi connectivity index (χ4v) is 2.91. The molecule has 0 unspecified atom stereocenters. The van der Waals surface area contributed by atoms with Gasteiger partial charge in [-0.2, -0.15) is 13.2 Å². The summed E-state index contributed by atoms with van der Waals surface area (Å²) in [6.45, 7) is 2.83. The first-order valence-corrected chi connectivity index (χ1v) is 7.11. The highest BCUT2D eigenvalue weighted by molar-refractivity contribution is 5.49. The Labute approximate surface area is 117 Å². The molecule has 1 aliphatic rings. The van der Waals surface area contributed by atoms with E-state index in [9.17, 15) is 13.2 Å². The Morgan fingerprint density at radius 3 is 2.10 bits per heavy atom. The maximum Gasteiger partial charge on any atom is 0.416 e. The second kappa shape index (κ2) is 6.04. The van der Waals surface area contributed by atoms with Crippen LogP contribution >= 0.6 is 0 Å². The molecule has 1 aromatic carbocycles. The van der Waals surface area contributed by atoms with Crippen LogP contribution in [0.4, 0.5) is 18.9 Å². The van der Waals surface area contributed by atoms with Gasteiger partial charge in [0.2, 0.25) is 0 Å². The van der Waals surface area contributed by atoms with Crippen LogP contribution in [-0.4, -0.2) is 18.6 Å². The maximum atomic E-state index is 12.6. The molecule has 0 heterocycles. The Morgan fingerprint density at radius 2 is 1.65 bits per heavy atom. The molecule has 0 bridgehead atoms. The first kappa shape index (κ1) is 15.2. The highest BCUT2D eigenvalue weighted by atomic mass is 19.4. The van der Waals surface area contributed by atoms with E-state index in [0.717, 1.165) is 50.0 Å². The second-order valence-electron chi connectivity index (χ2n) is 5.40. The van der Waals surface area contributed by atoms with E-state index in [4.69, 9.17) is 5.73 Å². The third kappa shape index (κ3) is 3.45. The SMILES string of the molecule is CCN(c1ccc(C(F)(F)F)cc1)C1CCC(N)CC1. The number of rotatable bonds is 3. The lowest BCUT2D eigenvalue weighted by atomic mass is 9.90. The van der Waals surface area contributed by atoms with Crippen molar-refractivity contribution in [2.24, 2.45) is 5.73 Å². The van der Waals surface area contributed by atoms with Crippen molar-refractivity contribution < 1.29 is 13.2 Å². The number of nitrogens with two attached hydrogens (primary N) is 1. The summed E-state index contributed by atoms with van der Waals surface area (Å²) in [4.78, 5) is 2.19. The van der Waals surface area contributed by atoms with Crippen molar-refractivity contribution in [2.75, 3.05) is 11.4 Å². The molecule has 1 aliphatic carbocycles. The molecular weight excluding hydrogens is 265 g/mol. The van der Waals surface area contributed by atoms with Crippen molar-refractivity contribution in [1.82, 2.24) is 0 Å². The molecule has 112 valence electrons. The van der Waals surface area contributed by atoms with E-state index >= 15 is 0 Å². The van der Waals surface area contributed by atoms with E-state index in [1.165, 1.54) is 0 Å². The van der Waals surface area contributed by atoms with Crippen LogP contribution in [0.2, 0.25) is 0 Å². The van der Waals surface area contributed by atoms with Gasteiger partial charge >= 0.3 is 6.18 Å². The van der Waals surface area contributed by atoms with Gasteiger partial charge in [-0.05, 0) is 56.9 Å². The topological polar surface area (TPSA) is 29.3 Å². The summed E-state index contributed by atoms with van der Waals surface area (Å²) in [5.74, 6) is 0. The van der Waals surface area contributed by atoms with Crippen molar-refractivity contribution in [1.29, 1.82) is 0 Å². The minimum Gasteiger partial charge on any atom is -0.369 e. The summed E-state index contributed by atoms with van der Waals surface area (Å²) in [6.07, 6.45) is -0.275. The lowest BCUT2D eigenvalue weighted by Gasteiger charge is -2.37. The normalized spacial score (nSPS) is 23.6.